The van der Waals surface area contributed by atoms with Gasteiger partial charge in [-0.05, 0) is 37.3 Å². The minimum absolute atomic E-state index is 0.306. The first-order chi connectivity index (χ1) is 11.6. The molecule has 2 aromatic rings. The molecule has 0 spiro atoms. The van der Waals surface area contributed by atoms with Crippen LogP contribution in [0.4, 0.5) is 0 Å². The van der Waals surface area contributed by atoms with Gasteiger partial charge in [-0.25, -0.2) is 0 Å². The van der Waals surface area contributed by atoms with Crippen LogP contribution in [0.5, 0.6) is 0 Å². The zero-order chi connectivity index (χ0) is 16.9. The van der Waals surface area contributed by atoms with Crippen molar-refractivity contribution in [1.29, 1.82) is 0 Å². The van der Waals surface area contributed by atoms with E-state index in [4.69, 9.17) is 0 Å². The third kappa shape index (κ3) is 3.91. The highest BCUT2D eigenvalue weighted by Crippen LogP contribution is 2.28. The van der Waals surface area contributed by atoms with Crippen LogP contribution < -0.4 is 15.6 Å². The lowest BCUT2D eigenvalue weighted by Crippen LogP contribution is -2.41. The van der Waals surface area contributed by atoms with E-state index in [2.05, 4.69) is 10.9 Å². The van der Waals surface area contributed by atoms with E-state index < -0.39 is 5.91 Å². The van der Waals surface area contributed by atoms with Crippen molar-refractivity contribution in [3.63, 3.8) is 0 Å². The lowest BCUT2D eigenvalue weighted by molar-refractivity contribution is -0.605. The van der Waals surface area contributed by atoms with Crippen LogP contribution in [0.2, 0.25) is 0 Å². The number of carbonyl (C=O) groups excluding carboxylic acids is 2. The Morgan fingerprint density at radius 3 is 2.42 bits per heavy atom. The van der Waals surface area contributed by atoms with Crippen LogP contribution in [0.15, 0.2) is 30.6 Å². The number of nitrogens with one attached hydrogen (secondary N) is 2. The number of rotatable bonds is 2. The number of pyridine rings is 1. The van der Waals surface area contributed by atoms with E-state index in [1.807, 2.05) is 6.07 Å². The minimum Gasteiger partial charge on any atom is -0.619 e. The Bertz CT molecular complexity index is 715. The molecule has 0 bridgehead atoms. The minimum atomic E-state index is -0.459. The molecule has 2 heterocycles. The van der Waals surface area contributed by atoms with Gasteiger partial charge in [-0.15, -0.1) is 11.3 Å². The van der Waals surface area contributed by atoms with Gasteiger partial charge in [-0.1, -0.05) is 12.8 Å². The van der Waals surface area contributed by atoms with E-state index in [1.165, 1.54) is 65.6 Å². The molecule has 0 saturated carbocycles. The van der Waals surface area contributed by atoms with Crippen molar-refractivity contribution < 1.29 is 14.3 Å². The molecular weight excluding hydrogens is 326 g/mol. The molecule has 0 aliphatic heterocycles. The molecule has 2 amide bonds. The van der Waals surface area contributed by atoms with Gasteiger partial charge in [0.1, 0.15) is 0 Å². The highest BCUT2D eigenvalue weighted by molar-refractivity contribution is 7.14. The van der Waals surface area contributed by atoms with Gasteiger partial charge in [-0.2, -0.15) is 4.73 Å². The summed E-state index contributed by atoms with van der Waals surface area (Å²) in [6.45, 7) is 0. The SMILES string of the molecule is O=C(NNC(=O)c1cc2c(s1)CCCCCC2)c1cc[n+]([O-])cc1. The first kappa shape index (κ1) is 16.4. The summed E-state index contributed by atoms with van der Waals surface area (Å²) in [4.78, 5) is 26.1. The maximum Gasteiger partial charge on any atom is 0.279 e. The molecule has 0 radical (unpaired) electrons. The van der Waals surface area contributed by atoms with Gasteiger partial charge in [0.2, 0.25) is 0 Å². The second-order valence-corrected chi connectivity index (χ2v) is 6.96. The number of hydrogen-bond donors (Lipinski definition) is 2. The van der Waals surface area contributed by atoms with Crippen LogP contribution in [-0.2, 0) is 12.8 Å². The Kier molecular flexibility index (Phi) is 5.10. The first-order valence-electron chi connectivity index (χ1n) is 8.04. The Balaban J connectivity index is 1.61. The molecule has 24 heavy (non-hydrogen) atoms. The van der Waals surface area contributed by atoms with Gasteiger partial charge >= 0.3 is 0 Å². The van der Waals surface area contributed by atoms with E-state index in [-0.39, 0.29) is 5.91 Å². The molecule has 0 saturated heterocycles. The van der Waals surface area contributed by atoms with Crippen molar-refractivity contribution in [2.24, 2.45) is 0 Å². The van der Waals surface area contributed by atoms with E-state index in [0.29, 0.717) is 15.2 Å². The molecule has 6 nitrogen and oxygen atoms in total. The Hall–Kier alpha value is -2.41. The van der Waals surface area contributed by atoms with Crippen molar-refractivity contribution in [1.82, 2.24) is 10.9 Å². The highest BCUT2D eigenvalue weighted by atomic mass is 32.1. The normalized spacial score (nSPS) is 14.2. The van der Waals surface area contributed by atoms with Crippen LogP contribution >= 0.6 is 11.3 Å². The van der Waals surface area contributed by atoms with Crippen molar-refractivity contribution >= 4 is 23.2 Å². The van der Waals surface area contributed by atoms with Crippen molar-refractivity contribution in [2.45, 2.75) is 38.5 Å². The molecule has 0 aromatic carbocycles. The average molecular weight is 345 g/mol. The zero-order valence-corrected chi connectivity index (χ0v) is 14.0. The number of aryl methyl sites for hydroxylation is 2. The largest absolute Gasteiger partial charge is 0.619 e. The van der Waals surface area contributed by atoms with Crippen LogP contribution in [0.3, 0.4) is 0 Å². The lowest BCUT2D eigenvalue weighted by Gasteiger charge is -2.07. The third-order valence-corrected chi connectivity index (χ3v) is 5.31. The third-order valence-electron chi connectivity index (χ3n) is 4.07. The molecule has 2 N–H and O–H groups in total. The quantitative estimate of drug-likeness (QED) is 0.497. The predicted octanol–water partition coefficient (Wildman–Crippen LogP) is 2.12. The summed E-state index contributed by atoms with van der Waals surface area (Å²) in [5, 5.41) is 11.0. The number of thiophene rings is 1. The first-order valence-corrected chi connectivity index (χ1v) is 8.86. The summed E-state index contributed by atoms with van der Waals surface area (Å²) in [7, 11) is 0. The number of hydrogen-bond acceptors (Lipinski definition) is 4. The van der Waals surface area contributed by atoms with Gasteiger partial charge in [0.05, 0.1) is 10.4 Å². The van der Waals surface area contributed by atoms with E-state index in [0.717, 1.165) is 19.3 Å². The fraction of sp³-hybridized carbons (Fsp3) is 0.353. The smallest absolute Gasteiger partial charge is 0.279 e. The number of nitrogens with zero attached hydrogens (tertiary/aromatic N) is 1. The summed E-state index contributed by atoms with van der Waals surface area (Å²) in [5.41, 5.74) is 6.39. The highest BCUT2D eigenvalue weighted by Gasteiger charge is 2.16. The maximum absolute atomic E-state index is 12.3. The predicted molar refractivity (Wildman–Crippen MR) is 90.5 cm³/mol. The molecule has 3 rings (SSSR count). The molecule has 1 aliphatic carbocycles. The summed E-state index contributed by atoms with van der Waals surface area (Å²) in [6.07, 6.45) is 9.33. The Labute approximate surface area is 144 Å². The monoisotopic (exact) mass is 345 g/mol. The molecule has 0 fully saturated rings. The Morgan fingerprint density at radius 1 is 1.00 bits per heavy atom. The summed E-state index contributed by atoms with van der Waals surface area (Å²) in [5.74, 6) is -0.770. The van der Waals surface area contributed by atoms with Gasteiger partial charge in [-0.3, -0.25) is 20.4 Å². The van der Waals surface area contributed by atoms with Crippen LogP contribution in [0.1, 0.15) is 56.2 Å². The molecule has 7 heteroatoms. The van der Waals surface area contributed by atoms with Crippen LogP contribution in [0.25, 0.3) is 0 Å². The number of carbonyl (C=O) groups is 2. The summed E-state index contributed by atoms with van der Waals surface area (Å²) < 4.78 is 0.594. The van der Waals surface area contributed by atoms with Crippen LogP contribution in [-0.4, -0.2) is 11.8 Å². The van der Waals surface area contributed by atoms with Gasteiger partial charge in [0.15, 0.2) is 12.4 Å². The second-order valence-electron chi connectivity index (χ2n) is 5.83. The van der Waals surface area contributed by atoms with Gasteiger partial charge < -0.3 is 5.21 Å². The lowest BCUT2D eigenvalue weighted by atomic mass is 10.00. The van der Waals surface area contributed by atoms with Gasteiger partial charge in [0, 0.05) is 17.0 Å². The fourth-order valence-electron chi connectivity index (χ4n) is 2.77. The number of amides is 2. The van der Waals surface area contributed by atoms with Gasteiger partial charge in [0.25, 0.3) is 11.8 Å². The van der Waals surface area contributed by atoms with Crippen molar-refractivity contribution in [3.05, 3.63) is 56.7 Å². The number of hydrazine groups is 1. The molecule has 1 aliphatic rings. The molecule has 0 atom stereocenters. The number of fused-ring (bicyclic) bond motifs is 1. The number of aromatic nitrogens is 1. The van der Waals surface area contributed by atoms with Crippen molar-refractivity contribution in [3.8, 4) is 0 Å². The summed E-state index contributed by atoms with van der Waals surface area (Å²) in [6, 6.07) is 4.73. The van der Waals surface area contributed by atoms with Crippen molar-refractivity contribution in [2.75, 3.05) is 0 Å². The summed E-state index contributed by atoms with van der Waals surface area (Å²) >= 11 is 1.51. The standard InChI is InChI=1S/C17H19N3O3S/c21-16(12-7-9-20(23)10-8-12)18-19-17(22)15-11-13-5-3-1-2-4-6-14(13)24-15/h7-11H,1-6H2,(H,18,21)(H,19,22). The molecule has 126 valence electrons. The molecule has 2 aromatic heterocycles. The second kappa shape index (κ2) is 7.44. The molecule has 0 unspecified atom stereocenters. The topological polar surface area (TPSA) is 85.1 Å². The average Bonchev–Trinajstić information content (AvgIpc) is 2.95. The fourth-order valence-corrected chi connectivity index (χ4v) is 3.92. The van der Waals surface area contributed by atoms with E-state index in [9.17, 15) is 14.8 Å². The molecular formula is C17H19N3O3S. The van der Waals surface area contributed by atoms with E-state index >= 15 is 0 Å². The van der Waals surface area contributed by atoms with Crippen LogP contribution in [0, 0.1) is 5.21 Å². The Morgan fingerprint density at radius 2 is 1.67 bits per heavy atom. The zero-order valence-electron chi connectivity index (χ0n) is 13.2. The van der Waals surface area contributed by atoms with E-state index in [1.54, 1.807) is 0 Å². The maximum atomic E-state index is 12.3.